The fourth-order valence-electron chi connectivity index (χ4n) is 1.44. The summed E-state index contributed by atoms with van der Waals surface area (Å²) in [6, 6.07) is 1.88. The molecule has 0 fully saturated rings. The van der Waals surface area contributed by atoms with E-state index in [0.717, 1.165) is 10.7 Å². The minimum atomic E-state index is -0.841. The van der Waals surface area contributed by atoms with Crippen molar-refractivity contribution in [2.75, 3.05) is 13.7 Å². The molecule has 0 aromatic heterocycles. The molecule has 0 bridgehead atoms. The molecule has 1 aromatic rings. The number of amides is 1. The van der Waals surface area contributed by atoms with Crippen molar-refractivity contribution < 1.29 is 19.4 Å². The minimum absolute atomic E-state index is 0.0693. The Balaban J connectivity index is 2.96. The SMILES string of the molecule is CNC(=O)c1c(I)cc(I)c(OCCCC(=O)O)c1I. The molecule has 5 nitrogen and oxygen atoms in total. The van der Waals surface area contributed by atoms with E-state index >= 15 is 0 Å². The van der Waals surface area contributed by atoms with E-state index in [4.69, 9.17) is 9.84 Å². The van der Waals surface area contributed by atoms with Gasteiger partial charge in [0, 0.05) is 17.0 Å². The molecule has 0 spiro atoms. The maximum absolute atomic E-state index is 11.9. The molecule has 0 saturated heterocycles. The Morgan fingerprint density at radius 2 is 1.95 bits per heavy atom. The van der Waals surface area contributed by atoms with E-state index in [1.807, 2.05) is 6.07 Å². The van der Waals surface area contributed by atoms with Crippen LogP contribution in [0.2, 0.25) is 0 Å². The highest BCUT2D eigenvalue weighted by molar-refractivity contribution is 14.1. The highest BCUT2D eigenvalue weighted by atomic mass is 127. The molecule has 8 heteroatoms. The quantitative estimate of drug-likeness (QED) is 0.382. The molecule has 0 atom stereocenters. The van der Waals surface area contributed by atoms with Gasteiger partial charge in [-0.1, -0.05) is 0 Å². The number of benzene rings is 1. The summed E-state index contributed by atoms with van der Waals surface area (Å²) in [6.07, 6.45) is 0.503. The van der Waals surface area contributed by atoms with Crippen LogP contribution in [0.3, 0.4) is 0 Å². The number of carbonyl (C=O) groups is 2. The Bertz CT molecular complexity index is 534. The van der Waals surface area contributed by atoms with Crippen molar-refractivity contribution in [2.24, 2.45) is 0 Å². The number of carboxylic acid groups (broad SMARTS) is 1. The van der Waals surface area contributed by atoms with Crippen molar-refractivity contribution in [2.45, 2.75) is 12.8 Å². The number of aliphatic carboxylic acids is 1. The van der Waals surface area contributed by atoms with Crippen LogP contribution in [-0.2, 0) is 4.79 Å². The predicted octanol–water partition coefficient (Wildman–Crippen LogP) is 3.10. The van der Waals surface area contributed by atoms with Gasteiger partial charge in [0.1, 0.15) is 5.75 Å². The summed E-state index contributed by atoms with van der Waals surface area (Å²) < 4.78 is 8.15. The molecule has 0 aliphatic carbocycles. The van der Waals surface area contributed by atoms with Crippen LogP contribution in [-0.4, -0.2) is 30.6 Å². The summed E-state index contributed by atoms with van der Waals surface area (Å²) in [5, 5.41) is 11.2. The number of hydrogen-bond donors (Lipinski definition) is 2. The lowest BCUT2D eigenvalue weighted by molar-refractivity contribution is -0.137. The first-order valence-electron chi connectivity index (χ1n) is 5.62. The largest absolute Gasteiger partial charge is 0.491 e. The monoisotopic (exact) mass is 615 g/mol. The lowest BCUT2D eigenvalue weighted by atomic mass is 10.2. The molecule has 2 N–H and O–H groups in total. The average molecular weight is 615 g/mol. The maximum Gasteiger partial charge on any atom is 0.303 e. The summed E-state index contributed by atoms with van der Waals surface area (Å²) >= 11 is 6.35. The van der Waals surface area contributed by atoms with E-state index in [9.17, 15) is 9.59 Å². The van der Waals surface area contributed by atoms with E-state index in [-0.39, 0.29) is 12.3 Å². The first-order chi connectivity index (χ1) is 9.38. The van der Waals surface area contributed by atoms with Gasteiger partial charge in [-0.2, -0.15) is 0 Å². The summed E-state index contributed by atoms with van der Waals surface area (Å²) in [7, 11) is 1.58. The van der Waals surface area contributed by atoms with Crippen LogP contribution in [0, 0.1) is 10.7 Å². The highest BCUT2D eigenvalue weighted by Crippen LogP contribution is 2.33. The molecule has 0 aliphatic heterocycles. The number of nitrogens with one attached hydrogen (secondary N) is 1. The predicted molar refractivity (Wildman–Crippen MR) is 100 cm³/mol. The molecule has 0 unspecified atom stereocenters. The van der Waals surface area contributed by atoms with E-state index in [2.05, 4.69) is 73.1 Å². The number of ether oxygens (including phenoxy) is 1. The van der Waals surface area contributed by atoms with Gasteiger partial charge in [0.2, 0.25) is 0 Å². The fourth-order valence-corrected chi connectivity index (χ4v) is 5.61. The third-order valence-corrected chi connectivity index (χ3v) is 5.04. The highest BCUT2D eigenvalue weighted by Gasteiger charge is 2.20. The van der Waals surface area contributed by atoms with Crippen LogP contribution < -0.4 is 10.1 Å². The number of rotatable bonds is 6. The van der Waals surface area contributed by atoms with Crippen molar-refractivity contribution >= 4 is 79.6 Å². The number of carboxylic acids is 1. The van der Waals surface area contributed by atoms with Gasteiger partial charge in [0.05, 0.1) is 19.3 Å². The molecule has 20 heavy (non-hydrogen) atoms. The van der Waals surface area contributed by atoms with Crippen molar-refractivity contribution in [1.82, 2.24) is 5.32 Å². The lowest BCUT2D eigenvalue weighted by Crippen LogP contribution is -2.21. The van der Waals surface area contributed by atoms with Crippen LogP contribution in [0.15, 0.2) is 6.07 Å². The Morgan fingerprint density at radius 3 is 2.50 bits per heavy atom. The molecule has 0 aliphatic rings. The number of carbonyl (C=O) groups excluding carboxylic acids is 1. The third kappa shape index (κ3) is 4.86. The van der Waals surface area contributed by atoms with Crippen molar-refractivity contribution in [3.63, 3.8) is 0 Å². The summed E-state index contributed by atoms with van der Waals surface area (Å²) in [6.45, 7) is 0.312. The Labute approximate surface area is 157 Å². The molecule has 0 heterocycles. The first kappa shape index (κ1) is 18.2. The molecular weight excluding hydrogens is 603 g/mol. The molecule has 0 saturated carbocycles. The third-order valence-electron chi connectivity index (χ3n) is 2.36. The van der Waals surface area contributed by atoms with E-state index in [0.29, 0.717) is 24.3 Å². The zero-order valence-corrected chi connectivity index (χ0v) is 17.0. The van der Waals surface area contributed by atoms with Crippen LogP contribution in [0.25, 0.3) is 0 Å². The van der Waals surface area contributed by atoms with Crippen LogP contribution >= 0.6 is 67.8 Å². The van der Waals surface area contributed by atoms with Gasteiger partial charge in [-0.15, -0.1) is 0 Å². The molecule has 0 radical (unpaired) electrons. The Kier molecular flexibility index (Phi) is 7.79. The van der Waals surface area contributed by atoms with Crippen LogP contribution in [0.1, 0.15) is 23.2 Å². The van der Waals surface area contributed by atoms with Crippen LogP contribution in [0.5, 0.6) is 5.75 Å². The zero-order chi connectivity index (χ0) is 15.3. The van der Waals surface area contributed by atoms with E-state index < -0.39 is 5.97 Å². The van der Waals surface area contributed by atoms with Gasteiger partial charge in [0.25, 0.3) is 5.91 Å². The van der Waals surface area contributed by atoms with Gasteiger partial charge < -0.3 is 15.2 Å². The van der Waals surface area contributed by atoms with Crippen molar-refractivity contribution in [1.29, 1.82) is 0 Å². The summed E-state index contributed by atoms with van der Waals surface area (Å²) in [5.41, 5.74) is 0.586. The minimum Gasteiger partial charge on any atom is -0.491 e. The molecular formula is C12H12I3NO4. The Morgan fingerprint density at radius 1 is 1.30 bits per heavy atom. The fraction of sp³-hybridized carbons (Fsp3) is 0.333. The average Bonchev–Trinajstić information content (AvgIpc) is 2.36. The second-order valence-electron chi connectivity index (χ2n) is 3.78. The normalized spacial score (nSPS) is 10.2. The second kappa shape index (κ2) is 8.56. The van der Waals surface area contributed by atoms with Gasteiger partial charge in [-0.3, -0.25) is 9.59 Å². The second-order valence-corrected chi connectivity index (χ2v) is 7.19. The van der Waals surface area contributed by atoms with E-state index in [1.54, 1.807) is 7.05 Å². The number of hydrogen-bond acceptors (Lipinski definition) is 3. The van der Waals surface area contributed by atoms with Crippen LogP contribution in [0.4, 0.5) is 0 Å². The topological polar surface area (TPSA) is 75.6 Å². The lowest BCUT2D eigenvalue weighted by Gasteiger charge is -2.14. The van der Waals surface area contributed by atoms with E-state index in [1.165, 1.54) is 0 Å². The van der Waals surface area contributed by atoms with Gasteiger partial charge >= 0.3 is 5.97 Å². The summed E-state index contributed by atoms with van der Waals surface area (Å²) in [4.78, 5) is 22.3. The summed E-state index contributed by atoms with van der Waals surface area (Å²) in [5.74, 6) is -0.368. The molecule has 1 aromatic carbocycles. The number of halogens is 3. The smallest absolute Gasteiger partial charge is 0.303 e. The van der Waals surface area contributed by atoms with Gasteiger partial charge in [0.15, 0.2) is 0 Å². The maximum atomic E-state index is 11.9. The molecule has 1 rings (SSSR count). The zero-order valence-electron chi connectivity index (χ0n) is 10.5. The first-order valence-corrected chi connectivity index (χ1v) is 8.86. The standard InChI is InChI=1S/C12H12I3NO4/c1-16-12(19)9-6(13)5-7(14)11(10(9)15)20-4-2-3-8(17)18/h5H,2-4H2,1H3,(H,16,19)(H,17,18). The van der Waals surface area contributed by atoms with Crippen molar-refractivity contribution in [3.05, 3.63) is 22.3 Å². The van der Waals surface area contributed by atoms with Crippen molar-refractivity contribution in [3.8, 4) is 5.75 Å². The molecule has 110 valence electrons. The van der Waals surface area contributed by atoms with Gasteiger partial charge in [-0.25, -0.2) is 0 Å². The molecule has 1 amide bonds. The Hall–Kier alpha value is 0.150. The van der Waals surface area contributed by atoms with Gasteiger partial charge in [-0.05, 0) is 80.3 Å².